The predicted octanol–water partition coefficient (Wildman–Crippen LogP) is 2.08. The van der Waals surface area contributed by atoms with E-state index in [0.717, 1.165) is 5.56 Å². The molecule has 0 bridgehead atoms. The Morgan fingerprint density at radius 2 is 1.56 bits per heavy atom. The van der Waals surface area contributed by atoms with Crippen LogP contribution in [0.3, 0.4) is 0 Å². The summed E-state index contributed by atoms with van der Waals surface area (Å²) in [6, 6.07) is 7.18. The molecule has 0 amide bonds. The number of Topliss-reactive ketones (excluding diaryl/α,β-unsaturated/α-hetero) is 1. The number of hydrogen-bond donors (Lipinski definition) is 0. The highest BCUT2D eigenvalue weighted by atomic mass is 16.1. The van der Waals surface area contributed by atoms with E-state index in [1.54, 1.807) is 19.1 Å². The van der Waals surface area contributed by atoms with Crippen molar-refractivity contribution in [2.75, 3.05) is 0 Å². The average Bonchev–Trinajstić information content (AvgIpc) is 2.39. The molecule has 0 fully saturated rings. The number of carbonyl (C=O) groups excluding carboxylic acids is 1. The molecule has 1 heterocycles. The van der Waals surface area contributed by atoms with Crippen molar-refractivity contribution in [1.82, 2.24) is 20.4 Å². The zero-order valence-corrected chi connectivity index (χ0v) is 10.6. The lowest BCUT2D eigenvalue weighted by Gasteiger charge is -2.04. The second-order valence-corrected chi connectivity index (χ2v) is 4.37. The lowest BCUT2D eigenvalue weighted by atomic mass is 10.00. The zero-order chi connectivity index (χ0) is 13.1. The first-order valence-corrected chi connectivity index (χ1v) is 5.76. The standard InChI is InChI=1S/C13H14N4O/c1-8(2)12(18)10-4-6-11(7-5-10)13-16-14-9(3)15-17-13/h4-8H,1-3H3. The van der Waals surface area contributed by atoms with E-state index < -0.39 is 0 Å². The number of rotatable bonds is 3. The normalized spacial score (nSPS) is 10.7. The molecule has 92 valence electrons. The third kappa shape index (κ3) is 2.56. The van der Waals surface area contributed by atoms with E-state index in [-0.39, 0.29) is 11.7 Å². The molecule has 0 unspecified atom stereocenters. The van der Waals surface area contributed by atoms with Gasteiger partial charge in [-0.15, -0.1) is 20.4 Å². The summed E-state index contributed by atoms with van der Waals surface area (Å²) in [7, 11) is 0. The van der Waals surface area contributed by atoms with E-state index in [1.165, 1.54) is 0 Å². The first kappa shape index (κ1) is 12.3. The van der Waals surface area contributed by atoms with Crippen LogP contribution in [-0.2, 0) is 0 Å². The SMILES string of the molecule is Cc1nnc(-c2ccc(C(=O)C(C)C)cc2)nn1. The van der Waals surface area contributed by atoms with Gasteiger partial charge in [0, 0.05) is 17.0 Å². The second kappa shape index (κ2) is 5.00. The molecule has 2 rings (SSSR count). The first-order chi connectivity index (χ1) is 8.58. The fraction of sp³-hybridized carbons (Fsp3) is 0.308. The second-order valence-electron chi connectivity index (χ2n) is 4.37. The topological polar surface area (TPSA) is 68.6 Å². The van der Waals surface area contributed by atoms with Crippen LogP contribution in [0.1, 0.15) is 30.0 Å². The molecule has 1 aromatic heterocycles. The van der Waals surface area contributed by atoms with E-state index >= 15 is 0 Å². The largest absolute Gasteiger partial charge is 0.294 e. The van der Waals surface area contributed by atoms with Crippen LogP contribution in [0.2, 0.25) is 0 Å². The molecule has 0 aliphatic heterocycles. The van der Waals surface area contributed by atoms with Crippen molar-refractivity contribution >= 4 is 5.78 Å². The highest BCUT2D eigenvalue weighted by Gasteiger charge is 2.10. The van der Waals surface area contributed by atoms with Crippen molar-refractivity contribution in [2.45, 2.75) is 20.8 Å². The molecule has 1 aromatic carbocycles. The van der Waals surface area contributed by atoms with Crippen molar-refractivity contribution in [3.63, 3.8) is 0 Å². The van der Waals surface area contributed by atoms with Crippen LogP contribution in [0.5, 0.6) is 0 Å². The van der Waals surface area contributed by atoms with E-state index in [9.17, 15) is 4.79 Å². The van der Waals surface area contributed by atoms with Crippen molar-refractivity contribution in [3.05, 3.63) is 35.7 Å². The molecule has 0 saturated carbocycles. The Morgan fingerprint density at radius 1 is 1.00 bits per heavy atom. The zero-order valence-electron chi connectivity index (χ0n) is 10.6. The molecule has 2 aromatic rings. The summed E-state index contributed by atoms with van der Waals surface area (Å²) in [5.41, 5.74) is 1.50. The van der Waals surface area contributed by atoms with Gasteiger partial charge in [-0.3, -0.25) is 4.79 Å². The highest BCUT2D eigenvalue weighted by molar-refractivity contribution is 5.97. The summed E-state index contributed by atoms with van der Waals surface area (Å²) in [5.74, 6) is 1.12. The number of aryl methyl sites for hydroxylation is 1. The van der Waals surface area contributed by atoms with Crippen molar-refractivity contribution in [2.24, 2.45) is 5.92 Å². The van der Waals surface area contributed by atoms with E-state index in [2.05, 4.69) is 20.4 Å². The maximum Gasteiger partial charge on any atom is 0.203 e. The molecule has 0 atom stereocenters. The minimum Gasteiger partial charge on any atom is -0.294 e. The Morgan fingerprint density at radius 3 is 2.06 bits per heavy atom. The average molecular weight is 242 g/mol. The van der Waals surface area contributed by atoms with Gasteiger partial charge in [-0.25, -0.2) is 0 Å². The summed E-state index contributed by atoms with van der Waals surface area (Å²) >= 11 is 0. The Bertz CT molecular complexity index is 546. The lowest BCUT2D eigenvalue weighted by Crippen LogP contribution is -2.07. The molecule has 0 radical (unpaired) electrons. The Labute approximate surface area is 105 Å². The fourth-order valence-corrected chi connectivity index (χ4v) is 1.51. The third-order valence-corrected chi connectivity index (χ3v) is 2.53. The van der Waals surface area contributed by atoms with Gasteiger partial charge in [0.25, 0.3) is 0 Å². The smallest absolute Gasteiger partial charge is 0.203 e. The Hall–Kier alpha value is -2.17. The minimum absolute atomic E-state index is 0.00481. The van der Waals surface area contributed by atoms with Crippen LogP contribution in [0.25, 0.3) is 11.4 Å². The molecular weight excluding hydrogens is 228 g/mol. The molecule has 0 spiro atoms. The molecule has 0 saturated heterocycles. The Kier molecular flexibility index (Phi) is 3.41. The van der Waals surface area contributed by atoms with Gasteiger partial charge in [-0.2, -0.15) is 0 Å². The summed E-state index contributed by atoms with van der Waals surface area (Å²) < 4.78 is 0. The first-order valence-electron chi connectivity index (χ1n) is 5.76. The molecule has 18 heavy (non-hydrogen) atoms. The molecule has 0 N–H and O–H groups in total. The van der Waals surface area contributed by atoms with E-state index in [4.69, 9.17) is 0 Å². The van der Waals surface area contributed by atoms with Crippen LogP contribution in [0.4, 0.5) is 0 Å². The molecular formula is C13H14N4O. The van der Waals surface area contributed by atoms with E-state index in [0.29, 0.717) is 17.2 Å². The lowest BCUT2D eigenvalue weighted by molar-refractivity contribution is 0.0939. The van der Waals surface area contributed by atoms with Crippen molar-refractivity contribution in [3.8, 4) is 11.4 Å². The van der Waals surface area contributed by atoms with Crippen LogP contribution in [-0.4, -0.2) is 26.2 Å². The summed E-state index contributed by atoms with van der Waals surface area (Å²) in [5, 5.41) is 15.6. The third-order valence-electron chi connectivity index (χ3n) is 2.53. The van der Waals surface area contributed by atoms with Gasteiger partial charge in [0.1, 0.15) is 0 Å². The highest BCUT2D eigenvalue weighted by Crippen LogP contribution is 2.16. The summed E-state index contributed by atoms with van der Waals surface area (Å²) in [4.78, 5) is 11.8. The number of hydrogen-bond acceptors (Lipinski definition) is 5. The van der Waals surface area contributed by atoms with Crippen molar-refractivity contribution in [1.29, 1.82) is 0 Å². The summed E-state index contributed by atoms with van der Waals surface area (Å²) in [6.07, 6.45) is 0. The quantitative estimate of drug-likeness (QED) is 0.771. The number of aromatic nitrogens is 4. The molecule has 5 nitrogen and oxygen atoms in total. The minimum atomic E-state index is -0.00481. The summed E-state index contributed by atoms with van der Waals surface area (Å²) in [6.45, 7) is 5.49. The van der Waals surface area contributed by atoms with Gasteiger partial charge in [0.05, 0.1) is 0 Å². The van der Waals surface area contributed by atoms with Gasteiger partial charge in [0.2, 0.25) is 5.82 Å². The number of benzene rings is 1. The van der Waals surface area contributed by atoms with Gasteiger partial charge >= 0.3 is 0 Å². The van der Waals surface area contributed by atoms with Crippen LogP contribution in [0, 0.1) is 12.8 Å². The Balaban J connectivity index is 2.27. The monoisotopic (exact) mass is 242 g/mol. The van der Waals surface area contributed by atoms with Gasteiger partial charge in [-0.05, 0) is 6.92 Å². The van der Waals surface area contributed by atoms with Gasteiger partial charge in [-0.1, -0.05) is 38.1 Å². The number of carbonyl (C=O) groups is 1. The fourth-order valence-electron chi connectivity index (χ4n) is 1.51. The van der Waals surface area contributed by atoms with Gasteiger partial charge < -0.3 is 0 Å². The number of ketones is 1. The predicted molar refractivity (Wildman–Crippen MR) is 67.0 cm³/mol. The van der Waals surface area contributed by atoms with Gasteiger partial charge in [0.15, 0.2) is 11.6 Å². The molecule has 0 aliphatic rings. The van der Waals surface area contributed by atoms with Crippen molar-refractivity contribution < 1.29 is 4.79 Å². The van der Waals surface area contributed by atoms with Crippen LogP contribution < -0.4 is 0 Å². The maximum atomic E-state index is 11.8. The van der Waals surface area contributed by atoms with Crippen LogP contribution >= 0.6 is 0 Å². The molecule has 0 aliphatic carbocycles. The van der Waals surface area contributed by atoms with Crippen LogP contribution in [0.15, 0.2) is 24.3 Å². The van der Waals surface area contributed by atoms with E-state index in [1.807, 2.05) is 26.0 Å². The maximum absolute atomic E-state index is 11.8. The number of nitrogens with zero attached hydrogens (tertiary/aromatic N) is 4. The molecule has 5 heteroatoms.